The summed E-state index contributed by atoms with van der Waals surface area (Å²) in [6.07, 6.45) is 8.25. The molecule has 4 rings (SSSR count). The van der Waals surface area contributed by atoms with Gasteiger partial charge in [0, 0.05) is 55.8 Å². The summed E-state index contributed by atoms with van der Waals surface area (Å²) in [6, 6.07) is 17.9. The van der Waals surface area contributed by atoms with E-state index < -0.39 is 5.97 Å². The van der Waals surface area contributed by atoms with Crippen molar-refractivity contribution >= 4 is 40.6 Å². The number of amides is 1. The molecule has 1 aliphatic rings. The highest BCUT2D eigenvalue weighted by Crippen LogP contribution is 2.31. The van der Waals surface area contributed by atoms with Crippen molar-refractivity contribution in [1.29, 1.82) is 0 Å². The summed E-state index contributed by atoms with van der Waals surface area (Å²) in [6.45, 7) is 1.47. The Morgan fingerprint density at radius 3 is 2.44 bits per heavy atom. The lowest BCUT2D eigenvalue weighted by Crippen LogP contribution is -2.37. The summed E-state index contributed by atoms with van der Waals surface area (Å²) in [7, 11) is 1.82. The van der Waals surface area contributed by atoms with Gasteiger partial charge in [-0.1, -0.05) is 48.4 Å². The Morgan fingerprint density at radius 1 is 1.00 bits per heavy atom. The van der Waals surface area contributed by atoms with Crippen LogP contribution in [0.25, 0.3) is 0 Å². The van der Waals surface area contributed by atoms with Gasteiger partial charge in [-0.25, -0.2) is 0 Å². The molecule has 0 unspecified atom stereocenters. The normalized spacial score (nSPS) is 14.3. The van der Waals surface area contributed by atoms with Crippen LogP contribution in [0.1, 0.15) is 72.3 Å². The van der Waals surface area contributed by atoms with Crippen LogP contribution in [0.2, 0.25) is 5.02 Å². The molecule has 0 bridgehead atoms. The van der Waals surface area contributed by atoms with Gasteiger partial charge in [-0.05, 0) is 67.9 Å². The molecule has 39 heavy (non-hydrogen) atoms. The number of anilines is 1. The topological polar surface area (TPSA) is 94.9 Å². The summed E-state index contributed by atoms with van der Waals surface area (Å²) >= 11 is 6.21. The van der Waals surface area contributed by atoms with Gasteiger partial charge in [0.1, 0.15) is 0 Å². The number of carboxylic acids is 1. The maximum atomic E-state index is 13.4. The van der Waals surface area contributed by atoms with E-state index in [9.17, 15) is 9.59 Å². The number of aromatic nitrogens is 1. The lowest BCUT2D eigenvalue weighted by atomic mass is 9.89. The number of aliphatic carboxylic acids is 1. The van der Waals surface area contributed by atoms with Gasteiger partial charge >= 0.3 is 5.97 Å². The predicted octanol–water partition coefficient (Wildman–Crippen LogP) is 6.95. The number of nitrogens with one attached hydrogen (secondary N) is 1. The molecule has 7 nitrogen and oxygen atoms in total. The molecule has 204 valence electrons. The summed E-state index contributed by atoms with van der Waals surface area (Å²) in [4.78, 5) is 35.3. The molecule has 3 aromatic rings. The molecule has 2 N–H and O–H groups in total. The first-order valence-corrected chi connectivity index (χ1v) is 13.9. The molecule has 1 aliphatic heterocycles. The molecule has 1 fully saturated rings. The Labute approximate surface area is 234 Å². The molecular formula is C31H35ClN4O3. The summed E-state index contributed by atoms with van der Waals surface area (Å²) in [5.74, 6) is -0.258. The monoisotopic (exact) mass is 546 g/mol. The maximum absolute atomic E-state index is 13.4. The number of unbranched alkanes of at least 4 members (excludes halogenated alkanes) is 2. The van der Waals surface area contributed by atoms with E-state index in [1.165, 1.54) is 5.56 Å². The number of hydrogen-bond donors (Lipinski definition) is 2. The van der Waals surface area contributed by atoms with Crippen LogP contribution in [0, 0.1) is 0 Å². The largest absolute Gasteiger partial charge is 0.481 e. The van der Waals surface area contributed by atoms with E-state index in [1.54, 1.807) is 12.4 Å². The molecular weight excluding hydrogens is 512 g/mol. The highest BCUT2D eigenvalue weighted by Gasteiger charge is 2.25. The van der Waals surface area contributed by atoms with Crippen LogP contribution in [-0.2, 0) is 4.79 Å². The first kappa shape index (κ1) is 28.3. The van der Waals surface area contributed by atoms with Crippen molar-refractivity contribution in [2.45, 2.75) is 50.9 Å². The fourth-order valence-corrected chi connectivity index (χ4v) is 5.19. The zero-order valence-corrected chi connectivity index (χ0v) is 23.0. The molecule has 0 aliphatic carbocycles. The summed E-state index contributed by atoms with van der Waals surface area (Å²) in [5.41, 5.74) is 5.10. The minimum Gasteiger partial charge on any atom is -0.481 e. The first-order chi connectivity index (χ1) is 18.9. The predicted molar refractivity (Wildman–Crippen MR) is 156 cm³/mol. The van der Waals surface area contributed by atoms with Crippen LogP contribution in [0.4, 0.5) is 11.4 Å². The Kier molecular flexibility index (Phi) is 10.1. The second-order valence-corrected chi connectivity index (χ2v) is 10.3. The number of rotatable bonds is 11. The van der Waals surface area contributed by atoms with Crippen molar-refractivity contribution in [3.05, 3.63) is 88.7 Å². The van der Waals surface area contributed by atoms with Crippen molar-refractivity contribution in [2.75, 3.05) is 25.5 Å². The van der Waals surface area contributed by atoms with Crippen LogP contribution in [0.5, 0.6) is 0 Å². The second-order valence-electron chi connectivity index (χ2n) is 9.86. The lowest BCUT2D eigenvalue weighted by Gasteiger charge is -2.32. The van der Waals surface area contributed by atoms with Gasteiger partial charge in [0.2, 0.25) is 0 Å². The van der Waals surface area contributed by atoms with Gasteiger partial charge in [0.25, 0.3) is 5.91 Å². The number of benzene rings is 2. The Balaban J connectivity index is 1.48. The van der Waals surface area contributed by atoms with E-state index in [-0.39, 0.29) is 12.3 Å². The van der Waals surface area contributed by atoms with E-state index in [2.05, 4.69) is 34.6 Å². The minimum atomic E-state index is -0.781. The van der Waals surface area contributed by atoms with Gasteiger partial charge in [-0.15, -0.1) is 0 Å². The van der Waals surface area contributed by atoms with E-state index >= 15 is 0 Å². The molecule has 2 heterocycles. The molecule has 0 atom stereocenters. The smallest absolute Gasteiger partial charge is 0.303 e. The first-order valence-electron chi connectivity index (χ1n) is 13.5. The van der Waals surface area contributed by atoms with Crippen LogP contribution in [0.15, 0.2) is 72.0 Å². The van der Waals surface area contributed by atoms with E-state index in [0.717, 1.165) is 61.4 Å². The Morgan fingerprint density at radius 2 is 1.74 bits per heavy atom. The molecule has 0 spiro atoms. The van der Waals surface area contributed by atoms with E-state index in [4.69, 9.17) is 21.7 Å². The molecule has 1 saturated heterocycles. The molecule has 8 heteroatoms. The van der Waals surface area contributed by atoms with Crippen molar-refractivity contribution < 1.29 is 14.7 Å². The third kappa shape index (κ3) is 7.90. The van der Waals surface area contributed by atoms with Gasteiger partial charge in [0.05, 0.1) is 16.4 Å². The minimum absolute atomic E-state index is 0.0336. The van der Waals surface area contributed by atoms with Gasteiger partial charge < -0.3 is 15.3 Å². The zero-order valence-electron chi connectivity index (χ0n) is 22.3. The number of hydrogen-bond acceptors (Lipinski definition) is 5. The SMILES string of the molecule is CNc1cc(C(=O)N2CCC(c3ccccc3)CC2)ccc1N=C(CCCCCC(=O)O)c1cncc(Cl)c1. The number of carbonyl (C=O) groups excluding carboxylic acids is 1. The highest BCUT2D eigenvalue weighted by molar-refractivity contribution is 6.30. The number of nitrogens with zero attached hydrogens (tertiary/aromatic N) is 3. The third-order valence-electron chi connectivity index (χ3n) is 7.16. The number of likely N-dealkylation sites (tertiary alicyclic amines) is 1. The Hall–Kier alpha value is -3.71. The highest BCUT2D eigenvalue weighted by atomic mass is 35.5. The fourth-order valence-electron chi connectivity index (χ4n) is 5.02. The van der Waals surface area contributed by atoms with Crippen molar-refractivity contribution in [1.82, 2.24) is 9.88 Å². The van der Waals surface area contributed by atoms with Gasteiger partial charge in [-0.3, -0.25) is 19.6 Å². The van der Waals surface area contributed by atoms with E-state index in [0.29, 0.717) is 29.3 Å². The molecule has 2 aromatic carbocycles. The van der Waals surface area contributed by atoms with Crippen molar-refractivity contribution in [3.8, 4) is 0 Å². The number of aliphatic imine (C=N–C) groups is 1. The van der Waals surface area contributed by atoms with Crippen molar-refractivity contribution in [3.63, 3.8) is 0 Å². The second kappa shape index (κ2) is 13.9. The third-order valence-corrected chi connectivity index (χ3v) is 7.37. The number of halogens is 1. The van der Waals surface area contributed by atoms with Gasteiger partial charge in [0.15, 0.2) is 0 Å². The quantitative estimate of drug-likeness (QED) is 0.200. The maximum Gasteiger partial charge on any atom is 0.303 e. The van der Waals surface area contributed by atoms with Crippen LogP contribution < -0.4 is 5.32 Å². The molecule has 0 saturated carbocycles. The van der Waals surface area contributed by atoms with Gasteiger partial charge in [-0.2, -0.15) is 0 Å². The number of piperidine rings is 1. The van der Waals surface area contributed by atoms with Crippen molar-refractivity contribution in [2.24, 2.45) is 4.99 Å². The average Bonchev–Trinajstić information content (AvgIpc) is 2.96. The molecule has 1 aromatic heterocycles. The molecule has 0 radical (unpaired) electrons. The zero-order chi connectivity index (χ0) is 27.6. The van der Waals surface area contributed by atoms with Crippen LogP contribution in [0.3, 0.4) is 0 Å². The average molecular weight is 547 g/mol. The lowest BCUT2D eigenvalue weighted by molar-refractivity contribution is -0.137. The fraction of sp³-hybridized carbons (Fsp3) is 0.355. The number of pyridine rings is 1. The number of carboxylic acid groups (broad SMARTS) is 1. The standard InChI is InChI=1S/C31H35ClN4O3/c1-33-29-19-24(31(39)36-16-14-23(15-17-36)22-8-4-2-5-9-22)12-13-28(29)35-27(10-6-3-7-11-30(37)38)25-18-26(32)21-34-20-25/h2,4-5,8-9,12-13,18-21,23,33H,3,6-7,10-11,14-17H2,1H3,(H,37,38). The molecule has 1 amide bonds. The summed E-state index contributed by atoms with van der Waals surface area (Å²) in [5, 5.41) is 12.6. The van der Waals surface area contributed by atoms with E-state index in [1.807, 2.05) is 42.3 Å². The van der Waals surface area contributed by atoms with Crippen LogP contribution in [-0.4, -0.2) is 52.7 Å². The van der Waals surface area contributed by atoms with Crippen LogP contribution >= 0.6 is 11.6 Å². The number of carbonyl (C=O) groups is 2. The Bertz CT molecular complexity index is 1300. The summed E-state index contributed by atoms with van der Waals surface area (Å²) < 4.78 is 0.